The minimum absolute atomic E-state index is 0.291. The predicted octanol–water partition coefficient (Wildman–Crippen LogP) is 1.88. The molecule has 0 bridgehead atoms. The first-order chi connectivity index (χ1) is 9.58. The van der Waals surface area contributed by atoms with Gasteiger partial charge in [-0.15, -0.1) is 0 Å². The molecule has 2 heterocycles. The summed E-state index contributed by atoms with van der Waals surface area (Å²) in [5.74, 6) is 2.61. The Labute approximate surface area is 123 Å². The monoisotopic (exact) mass is 295 g/mol. The Morgan fingerprint density at radius 1 is 1.50 bits per heavy atom. The first-order valence-corrected chi connectivity index (χ1v) is 8.39. The van der Waals surface area contributed by atoms with Gasteiger partial charge in [-0.1, -0.05) is 6.42 Å². The van der Waals surface area contributed by atoms with Crippen molar-refractivity contribution in [2.24, 2.45) is 7.05 Å². The molecule has 1 aromatic rings. The van der Waals surface area contributed by atoms with E-state index in [1.807, 2.05) is 13.1 Å². The molecule has 1 saturated heterocycles. The second kappa shape index (κ2) is 5.41. The largest absolute Gasteiger partial charge is 0.380 e. The molecule has 20 heavy (non-hydrogen) atoms. The fourth-order valence-electron chi connectivity index (χ4n) is 2.68. The number of carbonyl (C=O) groups is 1. The summed E-state index contributed by atoms with van der Waals surface area (Å²) in [6.07, 6.45) is 4.69. The molecule has 0 atom stereocenters. The molecule has 5 nitrogen and oxygen atoms in total. The zero-order valence-electron chi connectivity index (χ0n) is 11.8. The molecule has 1 saturated carbocycles. The van der Waals surface area contributed by atoms with E-state index in [1.54, 1.807) is 16.4 Å². The molecule has 3 rings (SSSR count). The van der Waals surface area contributed by atoms with Gasteiger partial charge in [0.25, 0.3) is 5.91 Å². The van der Waals surface area contributed by atoms with E-state index in [-0.39, 0.29) is 5.91 Å². The van der Waals surface area contributed by atoms with Crippen molar-refractivity contribution < 1.29 is 9.90 Å². The molecule has 1 aromatic heterocycles. The smallest absolute Gasteiger partial charge is 0.257 e. The van der Waals surface area contributed by atoms with Crippen LogP contribution in [0.15, 0.2) is 6.07 Å². The maximum absolute atomic E-state index is 12.3. The number of carbonyl (C=O) groups excluding carboxylic acids is 1. The van der Waals surface area contributed by atoms with Crippen LogP contribution in [0.1, 0.15) is 43.7 Å². The number of aromatic nitrogens is 2. The molecular weight excluding hydrogens is 274 g/mol. The molecule has 110 valence electrons. The second-order valence-electron chi connectivity index (χ2n) is 5.80. The molecule has 6 heteroatoms. The molecule has 2 aliphatic rings. The molecule has 2 fully saturated rings. The lowest BCUT2D eigenvalue weighted by molar-refractivity contribution is -0.134. The summed E-state index contributed by atoms with van der Waals surface area (Å²) < 4.78 is 1.70. The number of thioether (sulfide) groups is 1. The first-order valence-electron chi connectivity index (χ1n) is 7.24. The fourth-order valence-corrected chi connectivity index (χ4v) is 3.85. The topological polar surface area (TPSA) is 67.2 Å². The third-order valence-corrected chi connectivity index (χ3v) is 5.39. The molecule has 0 aromatic carbocycles. The van der Waals surface area contributed by atoms with Crippen LogP contribution in [0.25, 0.3) is 0 Å². The highest BCUT2D eigenvalue weighted by molar-refractivity contribution is 7.99. The number of anilines is 1. The maximum Gasteiger partial charge on any atom is 0.257 e. The highest BCUT2D eigenvalue weighted by Crippen LogP contribution is 2.36. The standard InChI is InChI=1S/C14H21N3O2S/c1-17-12(9-11(16-17)10-3-2-4-10)15-13(18)14(19)5-7-20-8-6-14/h9-10,19H,2-8H2,1H3,(H,15,18). The van der Waals surface area contributed by atoms with Gasteiger partial charge in [0.2, 0.25) is 0 Å². The average Bonchev–Trinajstić information content (AvgIpc) is 2.69. The first kappa shape index (κ1) is 13.9. The molecule has 1 aliphatic carbocycles. The van der Waals surface area contributed by atoms with Crippen molar-refractivity contribution >= 4 is 23.5 Å². The minimum atomic E-state index is -1.22. The maximum atomic E-state index is 12.3. The Balaban J connectivity index is 1.70. The number of amides is 1. The quantitative estimate of drug-likeness (QED) is 0.893. The van der Waals surface area contributed by atoms with Gasteiger partial charge in [-0.2, -0.15) is 16.9 Å². The van der Waals surface area contributed by atoms with E-state index in [9.17, 15) is 9.90 Å². The Hall–Kier alpha value is -1.01. The van der Waals surface area contributed by atoms with Gasteiger partial charge in [0.05, 0.1) is 5.69 Å². The lowest BCUT2D eigenvalue weighted by Gasteiger charge is -2.30. The van der Waals surface area contributed by atoms with Crippen LogP contribution in [-0.4, -0.2) is 37.9 Å². The van der Waals surface area contributed by atoms with Crippen LogP contribution >= 0.6 is 11.8 Å². The summed E-state index contributed by atoms with van der Waals surface area (Å²) in [7, 11) is 1.83. The number of nitrogens with zero attached hydrogens (tertiary/aromatic N) is 2. The molecule has 1 amide bonds. The van der Waals surface area contributed by atoms with Crippen molar-refractivity contribution in [3.05, 3.63) is 11.8 Å². The van der Waals surface area contributed by atoms with Gasteiger partial charge >= 0.3 is 0 Å². The van der Waals surface area contributed by atoms with Gasteiger partial charge < -0.3 is 10.4 Å². The number of aliphatic hydroxyl groups is 1. The number of hydrogen-bond acceptors (Lipinski definition) is 4. The molecule has 0 unspecified atom stereocenters. The average molecular weight is 295 g/mol. The van der Waals surface area contributed by atoms with Crippen LogP contribution in [0.5, 0.6) is 0 Å². The van der Waals surface area contributed by atoms with Gasteiger partial charge in [0, 0.05) is 19.0 Å². The summed E-state index contributed by atoms with van der Waals surface area (Å²) in [4.78, 5) is 12.3. The summed E-state index contributed by atoms with van der Waals surface area (Å²) in [5.41, 5.74) is -0.160. The van der Waals surface area contributed by atoms with E-state index in [1.165, 1.54) is 19.3 Å². The van der Waals surface area contributed by atoms with Gasteiger partial charge in [-0.05, 0) is 37.2 Å². The molecule has 0 spiro atoms. The van der Waals surface area contributed by atoms with E-state index in [0.29, 0.717) is 24.6 Å². The highest BCUT2D eigenvalue weighted by atomic mass is 32.2. The summed E-state index contributed by atoms with van der Waals surface area (Å²) in [6.45, 7) is 0. The number of rotatable bonds is 3. The molecule has 0 radical (unpaired) electrons. The number of aryl methyl sites for hydroxylation is 1. The van der Waals surface area contributed by atoms with E-state index >= 15 is 0 Å². The zero-order chi connectivity index (χ0) is 14.2. The Bertz CT molecular complexity index is 505. The Morgan fingerprint density at radius 3 is 2.80 bits per heavy atom. The van der Waals surface area contributed by atoms with Gasteiger partial charge in [0.1, 0.15) is 11.4 Å². The van der Waals surface area contributed by atoms with Crippen LogP contribution in [0.2, 0.25) is 0 Å². The van der Waals surface area contributed by atoms with Crippen LogP contribution in [0, 0.1) is 0 Å². The fraction of sp³-hybridized carbons (Fsp3) is 0.714. The lowest BCUT2D eigenvalue weighted by atomic mass is 9.83. The van der Waals surface area contributed by atoms with Crippen LogP contribution in [-0.2, 0) is 11.8 Å². The van der Waals surface area contributed by atoms with Gasteiger partial charge in [-0.3, -0.25) is 9.48 Å². The van der Waals surface area contributed by atoms with E-state index in [2.05, 4.69) is 10.4 Å². The Morgan fingerprint density at radius 2 is 2.20 bits per heavy atom. The SMILES string of the molecule is Cn1nc(C2CCC2)cc1NC(=O)C1(O)CCSCC1. The van der Waals surface area contributed by atoms with Crippen molar-refractivity contribution in [3.8, 4) is 0 Å². The predicted molar refractivity (Wildman–Crippen MR) is 79.9 cm³/mol. The van der Waals surface area contributed by atoms with E-state index in [4.69, 9.17) is 0 Å². The van der Waals surface area contributed by atoms with E-state index < -0.39 is 5.60 Å². The van der Waals surface area contributed by atoms with Crippen molar-refractivity contribution in [2.75, 3.05) is 16.8 Å². The highest BCUT2D eigenvalue weighted by Gasteiger charge is 2.38. The number of hydrogen-bond donors (Lipinski definition) is 2. The van der Waals surface area contributed by atoms with Crippen LogP contribution < -0.4 is 5.32 Å². The molecule has 2 N–H and O–H groups in total. The van der Waals surface area contributed by atoms with Crippen molar-refractivity contribution in [2.45, 2.75) is 43.6 Å². The summed E-state index contributed by atoms with van der Waals surface area (Å²) >= 11 is 1.79. The van der Waals surface area contributed by atoms with Gasteiger partial charge in [-0.25, -0.2) is 0 Å². The normalized spacial score (nSPS) is 22.3. The number of nitrogens with one attached hydrogen (secondary N) is 1. The van der Waals surface area contributed by atoms with Crippen molar-refractivity contribution in [1.29, 1.82) is 0 Å². The molecule has 1 aliphatic heterocycles. The van der Waals surface area contributed by atoms with Crippen molar-refractivity contribution in [1.82, 2.24) is 9.78 Å². The minimum Gasteiger partial charge on any atom is -0.380 e. The van der Waals surface area contributed by atoms with Gasteiger partial charge in [0.15, 0.2) is 0 Å². The Kier molecular flexibility index (Phi) is 3.77. The van der Waals surface area contributed by atoms with Crippen molar-refractivity contribution in [3.63, 3.8) is 0 Å². The molecular formula is C14H21N3O2S. The summed E-state index contributed by atoms with van der Waals surface area (Å²) in [5, 5.41) is 17.7. The van der Waals surface area contributed by atoms with E-state index in [0.717, 1.165) is 17.2 Å². The summed E-state index contributed by atoms with van der Waals surface area (Å²) in [6, 6.07) is 1.95. The third-order valence-electron chi connectivity index (χ3n) is 4.41. The van der Waals surface area contributed by atoms with Crippen LogP contribution in [0.4, 0.5) is 5.82 Å². The lowest BCUT2D eigenvalue weighted by Crippen LogP contribution is -2.45. The zero-order valence-corrected chi connectivity index (χ0v) is 12.6. The van der Waals surface area contributed by atoms with Crippen LogP contribution in [0.3, 0.4) is 0 Å². The second-order valence-corrected chi connectivity index (χ2v) is 7.03. The third kappa shape index (κ3) is 2.59.